The number of unbranched alkanes of at least 4 members (excludes halogenated alkanes) is 2. The Bertz CT molecular complexity index is 187. The summed E-state index contributed by atoms with van der Waals surface area (Å²) in [4.78, 5) is 13.6. The molecule has 0 rings (SSSR count). The number of azide groups is 1. The zero-order chi connectivity index (χ0) is 9.94. The van der Waals surface area contributed by atoms with Gasteiger partial charge in [-0.05, 0) is 25.3 Å². The van der Waals surface area contributed by atoms with Gasteiger partial charge in [-0.3, -0.25) is 4.79 Å². The second kappa shape index (κ2) is 8.87. The lowest BCUT2D eigenvalue weighted by atomic mass is 10.2. The molecule has 0 aliphatic heterocycles. The zero-order valence-electron chi connectivity index (χ0n) is 7.99. The van der Waals surface area contributed by atoms with Crippen LogP contribution in [0.15, 0.2) is 5.11 Å². The van der Waals surface area contributed by atoms with Crippen molar-refractivity contribution in [3.05, 3.63) is 10.4 Å². The minimum absolute atomic E-state index is 0.103. The average molecular weight is 184 g/mol. The first-order valence-electron chi connectivity index (χ1n) is 4.58. The Morgan fingerprint density at radius 1 is 1.46 bits per heavy atom. The summed E-state index contributed by atoms with van der Waals surface area (Å²) in [5.41, 5.74) is 7.98. The highest BCUT2D eigenvalue weighted by Crippen LogP contribution is 1.99. The van der Waals surface area contributed by atoms with Crippen LogP contribution in [-0.2, 0) is 4.79 Å². The number of nitrogens with one attached hydrogen (secondary N) is 1. The van der Waals surface area contributed by atoms with Crippen LogP contribution >= 0.6 is 0 Å². The van der Waals surface area contributed by atoms with Gasteiger partial charge in [-0.2, -0.15) is 0 Å². The van der Waals surface area contributed by atoms with Crippen LogP contribution in [0, 0.1) is 0 Å². The summed E-state index contributed by atoms with van der Waals surface area (Å²) in [6.45, 7) is 3.13. The normalized spacial score (nSPS) is 9.00. The first-order chi connectivity index (χ1) is 6.31. The van der Waals surface area contributed by atoms with Gasteiger partial charge in [0, 0.05) is 24.4 Å². The molecule has 0 aromatic carbocycles. The molecule has 0 aliphatic carbocycles. The first-order valence-corrected chi connectivity index (χ1v) is 4.58. The van der Waals surface area contributed by atoms with Gasteiger partial charge in [0.1, 0.15) is 0 Å². The Kier molecular flexibility index (Phi) is 8.04. The predicted molar refractivity (Wildman–Crippen MR) is 51.2 cm³/mol. The van der Waals surface area contributed by atoms with Crippen molar-refractivity contribution in [1.82, 2.24) is 5.32 Å². The second-order valence-corrected chi connectivity index (χ2v) is 2.72. The van der Waals surface area contributed by atoms with Crippen LogP contribution in [0.5, 0.6) is 0 Å². The van der Waals surface area contributed by atoms with E-state index in [2.05, 4.69) is 15.3 Å². The maximum Gasteiger partial charge on any atom is 0.219 e. The molecule has 5 nitrogen and oxygen atoms in total. The van der Waals surface area contributed by atoms with Gasteiger partial charge in [-0.25, -0.2) is 0 Å². The van der Waals surface area contributed by atoms with Gasteiger partial charge in [-0.15, -0.1) is 0 Å². The Balaban J connectivity index is 3.15. The molecule has 0 aliphatic rings. The minimum Gasteiger partial charge on any atom is -0.356 e. The highest BCUT2D eigenvalue weighted by molar-refractivity contribution is 5.75. The molecule has 1 amide bonds. The lowest BCUT2D eigenvalue weighted by Gasteiger charge is -2.00. The molecule has 0 saturated carbocycles. The van der Waals surface area contributed by atoms with E-state index < -0.39 is 0 Å². The number of rotatable bonds is 7. The van der Waals surface area contributed by atoms with E-state index in [1.807, 2.05) is 6.92 Å². The van der Waals surface area contributed by atoms with Gasteiger partial charge in [0.05, 0.1) is 0 Å². The fourth-order valence-electron chi connectivity index (χ4n) is 0.975. The molecular formula is C8H16N4O. The van der Waals surface area contributed by atoms with Gasteiger partial charge < -0.3 is 5.32 Å². The zero-order valence-corrected chi connectivity index (χ0v) is 7.99. The third kappa shape index (κ3) is 8.69. The number of hydrogen-bond donors (Lipinski definition) is 1. The van der Waals surface area contributed by atoms with Crippen molar-refractivity contribution in [2.45, 2.75) is 32.6 Å². The van der Waals surface area contributed by atoms with Crippen molar-refractivity contribution < 1.29 is 4.79 Å². The molecule has 0 spiro atoms. The third-order valence-corrected chi connectivity index (χ3v) is 1.60. The fourth-order valence-corrected chi connectivity index (χ4v) is 0.975. The second-order valence-electron chi connectivity index (χ2n) is 2.72. The van der Waals surface area contributed by atoms with Crippen LogP contribution in [0.2, 0.25) is 0 Å². The smallest absolute Gasteiger partial charge is 0.219 e. The molecule has 0 fully saturated rings. The SMILES string of the molecule is CCNC(=O)CCCCCN=[N+]=[N-]. The van der Waals surface area contributed by atoms with E-state index in [1.54, 1.807) is 0 Å². The van der Waals surface area contributed by atoms with Crippen molar-refractivity contribution in [1.29, 1.82) is 0 Å². The van der Waals surface area contributed by atoms with Gasteiger partial charge in [0.25, 0.3) is 0 Å². The molecule has 0 radical (unpaired) electrons. The standard InChI is InChI=1S/C8H16N4O/c1-2-10-8(13)6-4-3-5-7-11-12-9/h2-7H2,1H3,(H,10,13). The molecule has 1 N–H and O–H groups in total. The summed E-state index contributed by atoms with van der Waals surface area (Å²) < 4.78 is 0. The van der Waals surface area contributed by atoms with Crippen LogP contribution in [0.1, 0.15) is 32.6 Å². The average Bonchev–Trinajstić information content (AvgIpc) is 2.11. The minimum atomic E-state index is 0.103. The summed E-state index contributed by atoms with van der Waals surface area (Å²) in [6, 6.07) is 0. The predicted octanol–water partition coefficient (Wildman–Crippen LogP) is 1.99. The van der Waals surface area contributed by atoms with E-state index >= 15 is 0 Å². The molecule has 0 atom stereocenters. The van der Waals surface area contributed by atoms with E-state index in [9.17, 15) is 4.79 Å². The number of carbonyl (C=O) groups excluding carboxylic acids is 1. The van der Waals surface area contributed by atoms with E-state index in [-0.39, 0.29) is 5.91 Å². The molecule has 0 unspecified atom stereocenters. The van der Waals surface area contributed by atoms with Gasteiger partial charge in [0.2, 0.25) is 5.91 Å². The summed E-state index contributed by atoms with van der Waals surface area (Å²) in [6.07, 6.45) is 3.25. The lowest BCUT2D eigenvalue weighted by Crippen LogP contribution is -2.21. The van der Waals surface area contributed by atoms with E-state index in [1.165, 1.54) is 0 Å². The first kappa shape index (κ1) is 11.8. The van der Waals surface area contributed by atoms with Crippen LogP contribution in [0.4, 0.5) is 0 Å². The van der Waals surface area contributed by atoms with E-state index in [4.69, 9.17) is 5.53 Å². The Morgan fingerprint density at radius 3 is 2.85 bits per heavy atom. The fraction of sp³-hybridized carbons (Fsp3) is 0.875. The number of carbonyl (C=O) groups is 1. The van der Waals surface area contributed by atoms with Crippen molar-refractivity contribution >= 4 is 5.91 Å². The summed E-state index contributed by atoms with van der Waals surface area (Å²) in [5.74, 6) is 0.103. The third-order valence-electron chi connectivity index (χ3n) is 1.60. The summed E-state index contributed by atoms with van der Waals surface area (Å²) >= 11 is 0. The Labute approximate surface area is 78.1 Å². The Hall–Kier alpha value is -1.22. The monoisotopic (exact) mass is 184 g/mol. The number of hydrogen-bond acceptors (Lipinski definition) is 2. The maximum absolute atomic E-state index is 10.9. The van der Waals surface area contributed by atoms with Crippen LogP contribution in [0.25, 0.3) is 10.4 Å². The lowest BCUT2D eigenvalue weighted by molar-refractivity contribution is -0.121. The molecule has 13 heavy (non-hydrogen) atoms. The molecule has 0 aromatic rings. The van der Waals surface area contributed by atoms with E-state index in [0.717, 1.165) is 19.3 Å². The van der Waals surface area contributed by atoms with Crippen molar-refractivity contribution in [3.8, 4) is 0 Å². The van der Waals surface area contributed by atoms with Crippen molar-refractivity contribution in [2.24, 2.45) is 5.11 Å². The Morgan fingerprint density at radius 2 is 2.23 bits per heavy atom. The maximum atomic E-state index is 10.9. The molecule has 74 valence electrons. The van der Waals surface area contributed by atoms with Gasteiger partial charge in [-0.1, -0.05) is 11.5 Å². The molecule has 0 saturated heterocycles. The van der Waals surface area contributed by atoms with Gasteiger partial charge >= 0.3 is 0 Å². The number of nitrogens with zero attached hydrogens (tertiary/aromatic N) is 3. The molecule has 0 heterocycles. The van der Waals surface area contributed by atoms with Crippen molar-refractivity contribution in [2.75, 3.05) is 13.1 Å². The van der Waals surface area contributed by atoms with Gasteiger partial charge in [0.15, 0.2) is 0 Å². The molecular weight excluding hydrogens is 168 g/mol. The summed E-state index contributed by atoms with van der Waals surface area (Å²) in [7, 11) is 0. The van der Waals surface area contributed by atoms with Crippen molar-refractivity contribution in [3.63, 3.8) is 0 Å². The molecule has 0 bridgehead atoms. The van der Waals surface area contributed by atoms with Crippen LogP contribution in [0.3, 0.4) is 0 Å². The largest absolute Gasteiger partial charge is 0.356 e. The topological polar surface area (TPSA) is 77.9 Å². The van der Waals surface area contributed by atoms with E-state index in [0.29, 0.717) is 19.5 Å². The number of amides is 1. The molecule has 0 aromatic heterocycles. The van der Waals surface area contributed by atoms with Crippen LogP contribution in [-0.4, -0.2) is 19.0 Å². The molecule has 5 heteroatoms. The highest BCUT2D eigenvalue weighted by atomic mass is 16.1. The summed E-state index contributed by atoms with van der Waals surface area (Å²) in [5, 5.41) is 6.13. The van der Waals surface area contributed by atoms with Crippen LogP contribution < -0.4 is 5.32 Å². The highest BCUT2D eigenvalue weighted by Gasteiger charge is 1.97. The quantitative estimate of drug-likeness (QED) is 0.279.